The van der Waals surface area contributed by atoms with Gasteiger partial charge in [0.2, 0.25) is 5.91 Å². The van der Waals surface area contributed by atoms with Gasteiger partial charge in [-0.15, -0.1) is 11.8 Å². The van der Waals surface area contributed by atoms with Gasteiger partial charge in [-0.3, -0.25) is 4.79 Å². The highest BCUT2D eigenvalue weighted by Gasteiger charge is 2.44. The number of amides is 2. The predicted molar refractivity (Wildman–Crippen MR) is 130 cm³/mol. The summed E-state index contributed by atoms with van der Waals surface area (Å²) in [6.45, 7) is 10.4. The number of hydrogen-bond acceptors (Lipinski definition) is 6. The monoisotopic (exact) mass is 472 g/mol. The zero-order valence-corrected chi connectivity index (χ0v) is 20.8. The van der Waals surface area contributed by atoms with Gasteiger partial charge in [-0.1, -0.05) is 42.5 Å². The number of thioether (sulfide) groups is 1. The summed E-state index contributed by atoms with van der Waals surface area (Å²) in [5.41, 5.74) is -0.418. The molecule has 2 amide bonds. The number of nitrogens with zero attached hydrogens (tertiary/aromatic N) is 1. The number of fused-ring (bicyclic) bond motifs is 1. The molecule has 1 N–H and O–H groups in total. The first-order valence-electron chi connectivity index (χ1n) is 11.0. The van der Waals surface area contributed by atoms with E-state index >= 15 is 0 Å². The Balaban J connectivity index is 1.89. The fraction of sp³-hybridized carbons (Fsp3) is 0.480. The number of esters is 1. The van der Waals surface area contributed by atoms with E-state index in [9.17, 15) is 14.4 Å². The lowest BCUT2D eigenvalue weighted by atomic mass is 10.0. The van der Waals surface area contributed by atoms with E-state index in [1.54, 1.807) is 41.5 Å². The smallest absolute Gasteiger partial charge is 0.408 e. The highest BCUT2D eigenvalue weighted by atomic mass is 32.2. The Bertz CT molecular complexity index is 1040. The molecule has 1 aliphatic heterocycles. The van der Waals surface area contributed by atoms with Crippen molar-refractivity contribution in [1.29, 1.82) is 0 Å². The van der Waals surface area contributed by atoms with Gasteiger partial charge in [0.25, 0.3) is 0 Å². The third-order valence-corrected chi connectivity index (χ3v) is 6.14. The summed E-state index contributed by atoms with van der Waals surface area (Å²) in [5, 5.41) is 4.20. The fourth-order valence-electron chi connectivity index (χ4n) is 3.62. The Hall–Kier alpha value is -2.74. The number of rotatable bonds is 4. The SMILES string of the molecule is CC(C)(C)OC(=O)NCC(=O)N1[C@@H](c2cccc3ccccc23)SC[C@H]1C(=O)OC(C)(C)C. The second kappa shape index (κ2) is 9.63. The third-order valence-electron chi connectivity index (χ3n) is 4.84. The second-order valence-electron chi connectivity index (χ2n) is 9.96. The van der Waals surface area contributed by atoms with Crippen LogP contribution in [0, 0.1) is 0 Å². The summed E-state index contributed by atoms with van der Waals surface area (Å²) in [4.78, 5) is 40.0. The van der Waals surface area contributed by atoms with Crippen LogP contribution in [0.1, 0.15) is 52.5 Å². The third kappa shape index (κ3) is 6.41. The average molecular weight is 473 g/mol. The van der Waals surface area contributed by atoms with Gasteiger partial charge in [0.1, 0.15) is 29.2 Å². The van der Waals surface area contributed by atoms with E-state index in [0.717, 1.165) is 16.3 Å². The molecule has 0 radical (unpaired) electrons. The van der Waals surface area contributed by atoms with Gasteiger partial charge >= 0.3 is 12.1 Å². The molecular weight excluding hydrogens is 440 g/mol. The summed E-state index contributed by atoms with van der Waals surface area (Å²) >= 11 is 1.51. The van der Waals surface area contributed by atoms with Crippen molar-refractivity contribution in [1.82, 2.24) is 10.2 Å². The summed E-state index contributed by atoms with van der Waals surface area (Å²) in [5.74, 6) is -0.427. The maximum absolute atomic E-state index is 13.4. The zero-order chi connectivity index (χ0) is 24.4. The highest BCUT2D eigenvalue weighted by molar-refractivity contribution is 7.99. The van der Waals surface area contributed by atoms with Crippen LogP contribution in [0.4, 0.5) is 4.79 Å². The molecule has 1 aliphatic rings. The van der Waals surface area contributed by atoms with E-state index in [0.29, 0.717) is 5.75 Å². The Morgan fingerprint density at radius 3 is 2.27 bits per heavy atom. The standard InChI is InChI=1S/C25H32N2O5S/c1-24(2,3)31-22(29)19-15-33-21(18-13-9-11-16-10-7-8-12-17(16)18)27(19)20(28)14-26-23(30)32-25(4,5)6/h7-13,19,21H,14-15H2,1-6H3,(H,26,30)/t19-,21+/m0/s1. The quantitative estimate of drug-likeness (QED) is 0.652. The number of nitrogens with one attached hydrogen (secondary N) is 1. The number of carbonyl (C=O) groups is 3. The minimum Gasteiger partial charge on any atom is -0.458 e. The largest absolute Gasteiger partial charge is 0.458 e. The van der Waals surface area contributed by atoms with Crippen LogP contribution in [-0.2, 0) is 19.1 Å². The van der Waals surface area contributed by atoms with Crippen LogP contribution in [0.2, 0.25) is 0 Å². The van der Waals surface area contributed by atoms with E-state index in [1.807, 2.05) is 42.5 Å². The summed E-state index contributed by atoms with van der Waals surface area (Å²) in [6.07, 6.45) is -0.682. The normalized spacial score (nSPS) is 18.8. The molecule has 0 unspecified atom stereocenters. The number of ether oxygens (including phenoxy) is 2. The molecule has 0 aromatic heterocycles. The van der Waals surface area contributed by atoms with Gasteiger partial charge in [-0.2, -0.15) is 0 Å². The minimum atomic E-state index is -0.758. The first kappa shape index (κ1) is 24.9. The van der Waals surface area contributed by atoms with Crippen LogP contribution >= 0.6 is 11.8 Å². The van der Waals surface area contributed by atoms with Crippen molar-refractivity contribution < 1.29 is 23.9 Å². The van der Waals surface area contributed by atoms with Crippen molar-refractivity contribution in [3.8, 4) is 0 Å². The minimum absolute atomic E-state index is 0.282. The van der Waals surface area contributed by atoms with Crippen molar-refractivity contribution in [3.63, 3.8) is 0 Å². The molecular formula is C25H32N2O5S. The van der Waals surface area contributed by atoms with Gasteiger partial charge in [-0.25, -0.2) is 9.59 Å². The molecule has 0 aliphatic carbocycles. The van der Waals surface area contributed by atoms with Crippen molar-refractivity contribution in [2.75, 3.05) is 12.3 Å². The number of hydrogen-bond donors (Lipinski definition) is 1. The van der Waals surface area contributed by atoms with Gasteiger partial charge < -0.3 is 19.7 Å². The predicted octanol–water partition coefficient (Wildman–Crippen LogP) is 4.65. The first-order chi connectivity index (χ1) is 15.4. The molecule has 8 heteroatoms. The Labute approximate surface area is 199 Å². The molecule has 0 spiro atoms. The van der Waals surface area contributed by atoms with Gasteiger partial charge in [0.05, 0.1) is 0 Å². The lowest BCUT2D eigenvalue weighted by Gasteiger charge is -2.31. The fourth-order valence-corrected chi connectivity index (χ4v) is 5.09. The number of alkyl carbamates (subject to hydrolysis) is 1. The first-order valence-corrected chi connectivity index (χ1v) is 12.0. The van der Waals surface area contributed by atoms with E-state index in [1.165, 1.54) is 16.7 Å². The van der Waals surface area contributed by atoms with Crippen LogP contribution in [0.25, 0.3) is 10.8 Å². The van der Waals surface area contributed by atoms with Gasteiger partial charge in [0.15, 0.2) is 0 Å². The maximum atomic E-state index is 13.4. The van der Waals surface area contributed by atoms with Gasteiger partial charge in [-0.05, 0) is 57.9 Å². The molecule has 0 saturated carbocycles. The van der Waals surface area contributed by atoms with E-state index < -0.39 is 29.3 Å². The molecule has 178 valence electrons. The van der Waals surface area contributed by atoms with Crippen LogP contribution < -0.4 is 5.32 Å². The number of benzene rings is 2. The lowest BCUT2D eigenvalue weighted by molar-refractivity contribution is -0.163. The average Bonchev–Trinajstić information content (AvgIpc) is 3.14. The van der Waals surface area contributed by atoms with Crippen LogP contribution in [0.15, 0.2) is 42.5 Å². The molecule has 1 fully saturated rings. The topological polar surface area (TPSA) is 84.9 Å². The van der Waals surface area contributed by atoms with Crippen molar-refractivity contribution in [2.24, 2.45) is 0 Å². The molecule has 0 bridgehead atoms. The van der Waals surface area contributed by atoms with Crippen LogP contribution in [0.5, 0.6) is 0 Å². The Morgan fingerprint density at radius 2 is 1.61 bits per heavy atom. The molecule has 7 nitrogen and oxygen atoms in total. The second-order valence-corrected chi connectivity index (χ2v) is 11.1. The van der Waals surface area contributed by atoms with Crippen molar-refractivity contribution in [2.45, 2.75) is 64.2 Å². The summed E-state index contributed by atoms with van der Waals surface area (Å²) in [7, 11) is 0. The van der Waals surface area contributed by atoms with Crippen LogP contribution in [0.3, 0.4) is 0 Å². The lowest BCUT2D eigenvalue weighted by Crippen LogP contribution is -2.49. The summed E-state index contributed by atoms with van der Waals surface area (Å²) < 4.78 is 10.8. The van der Waals surface area contributed by atoms with Crippen molar-refractivity contribution in [3.05, 3.63) is 48.0 Å². The van der Waals surface area contributed by atoms with Crippen LogP contribution in [-0.4, -0.2) is 52.4 Å². The molecule has 2 atom stereocenters. The molecule has 3 rings (SSSR count). The zero-order valence-electron chi connectivity index (χ0n) is 20.0. The maximum Gasteiger partial charge on any atom is 0.408 e. The molecule has 2 aromatic rings. The molecule has 1 heterocycles. The summed E-state index contributed by atoms with van der Waals surface area (Å²) in [6, 6.07) is 13.1. The molecule has 33 heavy (non-hydrogen) atoms. The van der Waals surface area contributed by atoms with E-state index in [2.05, 4.69) is 5.32 Å². The number of carbonyl (C=O) groups excluding carboxylic acids is 3. The van der Waals surface area contributed by atoms with Gasteiger partial charge in [0, 0.05) is 5.75 Å². The highest BCUT2D eigenvalue weighted by Crippen LogP contribution is 2.44. The van der Waals surface area contributed by atoms with E-state index in [-0.39, 0.29) is 17.8 Å². The Kier molecular flexibility index (Phi) is 7.26. The van der Waals surface area contributed by atoms with Crippen molar-refractivity contribution >= 4 is 40.5 Å². The Morgan fingerprint density at radius 1 is 0.970 bits per heavy atom. The molecule has 2 aromatic carbocycles. The molecule has 1 saturated heterocycles. The van der Waals surface area contributed by atoms with E-state index in [4.69, 9.17) is 9.47 Å².